The van der Waals surface area contributed by atoms with E-state index in [0.717, 1.165) is 0 Å². The molecule has 0 aliphatic heterocycles. The minimum absolute atomic E-state index is 0.0407. The van der Waals surface area contributed by atoms with Crippen molar-refractivity contribution < 1.29 is 19.5 Å². The van der Waals surface area contributed by atoms with E-state index in [4.69, 9.17) is 5.11 Å². The minimum Gasteiger partial charge on any atom is -0.481 e. The standard InChI is InChI=1S/C15H21NO4S/c1-11(2)10-16(8-7-15(19)20)14(18)6-5-12(17)13-4-3-9-21-13/h3-4,9,11H,5-8,10H2,1-2H3,(H,19,20). The number of hydrogen-bond donors (Lipinski definition) is 1. The van der Waals surface area contributed by atoms with Crippen LogP contribution in [-0.4, -0.2) is 40.8 Å². The van der Waals surface area contributed by atoms with Crippen LogP contribution in [0, 0.1) is 5.92 Å². The first-order valence-corrected chi connectivity index (χ1v) is 7.84. The Hall–Kier alpha value is -1.69. The molecule has 1 aromatic heterocycles. The summed E-state index contributed by atoms with van der Waals surface area (Å²) >= 11 is 1.36. The van der Waals surface area contributed by atoms with E-state index in [1.165, 1.54) is 11.3 Å². The fourth-order valence-electron chi connectivity index (χ4n) is 1.93. The van der Waals surface area contributed by atoms with Crippen LogP contribution in [0.3, 0.4) is 0 Å². The Balaban J connectivity index is 2.51. The number of thiophene rings is 1. The van der Waals surface area contributed by atoms with Gasteiger partial charge < -0.3 is 10.0 Å². The number of carboxylic acid groups (broad SMARTS) is 1. The molecule has 1 amide bonds. The maximum atomic E-state index is 12.1. The smallest absolute Gasteiger partial charge is 0.305 e. The van der Waals surface area contributed by atoms with E-state index in [0.29, 0.717) is 11.4 Å². The molecule has 0 radical (unpaired) electrons. The van der Waals surface area contributed by atoms with E-state index in [9.17, 15) is 14.4 Å². The normalized spacial score (nSPS) is 10.6. The van der Waals surface area contributed by atoms with Crippen molar-refractivity contribution in [3.05, 3.63) is 22.4 Å². The van der Waals surface area contributed by atoms with Crippen LogP contribution in [-0.2, 0) is 9.59 Å². The van der Waals surface area contributed by atoms with Gasteiger partial charge in [-0.15, -0.1) is 11.3 Å². The summed E-state index contributed by atoms with van der Waals surface area (Å²) in [4.78, 5) is 36.9. The van der Waals surface area contributed by atoms with Crippen LogP contribution in [0.4, 0.5) is 0 Å². The third-order valence-corrected chi connectivity index (χ3v) is 3.81. The molecule has 1 N–H and O–H groups in total. The third-order valence-electron chi connectivity index (χ3n) is 2.90. The number of hydrogen-bond acceptors (Lipinski definition) is 4. The van der Waals surface area contributed by atoms with Crippen LogP contribution in [0.25, 0.3) is 0 Å². The number of carbonyl (C=O) groups excluding carboxylic acids is 2. The summed E-state index contributed by atoms with van der Waals surface area (Å²) in [5.74, 6) is -0.863. The molecule has 1 heterocycles. The highest BCUT2D eigenvalue weighted by molar-refractivity contribution is 7.12. The zero-order valence-electron chi connectivity index (χ0n) is 12.4. The van der Waals surface area contributed by atoms with Gasteiger partial charge in [0.2, 0.25) is 5.91 Å². The molecule has 0 unspecified atom stereocenters. The lowest BCUT2D eigenvalue weighted by molar-refractivity contribution is -0.138. The SMILES string of the molecule is CC(C)CN(CCC(=O)O)C(=O)CCC(=O)c1cccs1. The molecule has 0 bridgehead atoms. The lowest BCUT2D eigenvalue weighted by Crippen LogP contribution is -2.36. The number of rotatable bonds is 9. The summed E-state index contributed by atoms with van der Waals surface area (Å²) in [7, 11) is 0. The van der Waals surface area contributed by atoms with Gasteiger partial charge in [-0.2, -0.15) is 0 Å². The third kappa shape index (κ3) is 6.53. The summed E-state index contributed by atoms with van der Waals surface area (Å²) in [5, 5.41) is 10.6. The summed E-state index contributed by atoms with van der Waals surface area (Å²) in [6, 6.07) is 3.55. The van der Waals surface area contributed by atoms with Crippen LogP contribution < -0.4 is 0 Å². The zero-order chi connectivity index (χ0) is 15.8. The Morgan fingerprint density at radius 1 is 1.24 bits per heavy atom. The molecule has 6 heteroatoms. The fraction of sp³-hybridized carbons (Fsp3) is 0.533. The summed E-state index contributed by atoms with van der Waals surface area (Å²) < 4.78 is 0. The molecule has 0 saturated carbocycles. The van der Waals surface area contributed by atoms with Gasteiger partial charge in [-0.1, -0.05) is 19.9 Å². The Kier molecular flexibility index (Phi) is 7.08. The van der Waals surface area contributed by atoms with Gasteiger partial charge in [-0.3, -0.25) is 14.4 Å². The first kappa shape index (κ1) is 17.4. The number of aliphatic carboxylic acids is 1. The van der Waals surface area contributed by atoms with Crippen LogP contribution in [0.5, 0.6) is 0 Å². The molecule has 0 saturated heterocycles. The maximum absolute atomic E-state index is 12.1. The molecule has 0 aromatic carbocycles. The van der Waals surface area contributed by atoms with Crippen LogP contribution in [0.2, 0.25) is 0 Å². The second-order valence-corrected chi connectivity index (χ2v) is 6.23. The first-order chi connectivity index (χ1) is 9.90. The number of carboxylic acids is 1. The molecule has 0 aliphatic carbocycles. The van der Waals surface area contributed by atoms with Gasteiger partial charge in [0.1, 0.15) is 0 Å². The Morgan fingerprint density at radius 2 is 1.95 bits per heavy atom. The van der Waals surface area contributed by atoms with E-state index < -0.39 is 5.97 Å². The lowest BCUT2D eigenvalue weighted by Gasteiger charge is -2.24. The second-order valence-electron chi connectivity index (χ2n) is 5.28. The van der Waals surface area contributed by atoms with Gasteiger partial charge in [-0.05, 0) is 17.4 Å². The number of amides is 1. The predicted octanol–water partition coefficient (Wildman–Crippen LogP) is 2.67. The highest BCUT2D eigenvalue weighted by Gasteiger charge is 2.18. The van der Waals surface area contributed by atoms with E-state index in [2.05, 4.69) is 0 Å². The zero-order valence-corrected chi connectivity index (χ0v) is 13.2. The average molecular weight is 311 g/mol. The summed E-state index contributed by atoms with van der Waals surface area (Å²) in [6.45, 7) is 4.65. The van der Waals surface area contributed by atoms with Gasteiger partial charge in [-0.25, -0.2) is 0 Å². The lowest BCUT2D eigenvalue weighted by atomic mass is 10.1. The molecule has 0 aliphatic rings. The van der Waals surface area contributed by atoms with Gasteiger partial charge in [0.25, 0.3) is 0 Å². The highest BCUT2D eigenvalue weighted by Crippen LogP contribution is 2.13. The van der Waals surface area contributed by atoms with Gasteiger partial charge in [0, 0.05) is 25.9 Å². The van der Waals surface area contributed by atoms with E-state index in [-0.39, 0.29) is 43.4 Å². The van der Waals surface area contributed by atoms with Crippen molar-refractivity contribution in [3.8, 4) is 0 Å². The fourth-order valence-corrected chi connectivity index (χ4v) is 2.62. The van der Waals surface area contributed by atoms with Crippen LogP contribution in [0.1, 0.15) is 42.8 Å². The average Bonchev–Trinajstić information content (AvgIpc) is 2.93. The molecule has 1 aromatic rings. The molecule has 1 rings (SSSR count). The van der Waals surface area contributed by atoms with Crippen molar-refractivity contribution in [3.63, 3.8) is 0 Å². The first-order valence-electron chi connectivity index (χ1n) is 6.96. The predicted molar refractivity (Wildman–Crippen MR) is 81.6 cm³/mol. The molecule has 0 fully saturated rings. The summed E-state index contributed by atoms with van der Waals surface area (Å²) in [5.41, 5.74) is 0. The topological polar surface area (TPSA) is 74.7 Å². The highest BCUT2D eigenvalue weighted by atomic mass is 32.1. The monoisotopic (exact) mass is 311 g/mol. The van der Waals surface area contributed by atoms with E-state index in [1.807, 2.05) is 19.2 Å². The van der Waals surface area contributed by atoms with Crippen molar-refractivity contribution in [1.29, 1.82) is 0 Å². The maximum Gasteiger partial charge on any atom is 0.305 e. The van der Waals surface area contributed by atoms with Crippen LogP contribution in [0.15, 0.2) is 17.5 Å². The quantitative estimate of drug-likeness (QED) is 0.711. The van der Waals surface area contributed by atoms with Crippen molar-refractivity contribution in [2.45, 2.75) is 33.1 Å². The second kappa shape index (κ2) is 8.56. The van der Waals surface area contributed by atoms with Gasteiger partial charge in [0.05, 0.1) is 11.3 Å². The number of nitrogens with zero attached hydrogens (tertiary/aromatic N) is 1. The van der Waals surface area contributed by atoms with Crippen LogP contribution >= 0.6 is 11.3 Å². The molecular formula is C15H21NO4S. The number of carbonyl (C=O) groups is 3. The molecule has 5 nitrogen and oxygen atoms in total. The molecule has 0 spiro atoms. The molecule has 116 valence electrons. The van der Waals surface area contributed by atoms with E-state index >= 15 is 0 Å². The van der Waals surface area contributed by atoms with Crippen molar-refractivity contribution in [2.24, 2.45) is 5.92 Å². The van der Waals surface area contributed by atoms with Crippen molar-refractivity contribution >= 4 is 29.0 Å². The number of Topliss-reactive ketones (excluding diaryl/α,β-unsaturated/α-hetero) is 1. The molecule has 0 atom stereocenters. The minimum atomic E-state index is -0.925. The van der Waals surface area contributed by atoms with Gasteiger partial charge in [0.15, 0.2) is 5.78 Å². The Labute approximate surface area is 128 Å². The Morgan fingerprint density at radius 3 is 2.48 bits per heavy atom. The molecule has 21 heavy (non-hydrogen) atoms. The van der Waals surface area contributed by atoms with Crippen molar-refractivity contribution in [1.82, 2.24) is 4.90 Å². The van der Waals surface area contributed by atoms with Crippen molar-refractivity contribution in [2.75, 3.05) is 13.1 Å². The number of ketones is 1. The molecular weight excluding hydrogens is 290 g/mol. The van der Waals surface area contributed by atoms with E-state index in [1.54, 1.807) is 17.0 Å². The van der Waals surface area contributed by atoms with Gasteiger partial charge >= 0.3 is 5.97 Å². The summed E-state index contributed by atoms with van der Waals surface area (Å²) in [6.07, 6.45) is 0.224. The Bertz CT molecular complexity index is 482. The largest absolute Gasteiger partial charge is 0.481 e.